The number of carbonyl (C=O) groups excluding carboxylic acids is 1. The molecule has 0 saturated heterocycles. The summed E-state index contributed by atoms with van der Waals surface area (Å²) in [5, 5.41) is 12.6. The van der Waals surface area contributed by atoms with Crippen LogP contribution in [0.2, 0.25) is 0 Å². The molecule has 11 heteroatoms. The highest BCUT2D eigenvalue weighted by atomic mass is 32.2. The molecular formula is C18H15NO8S2. The van der Waals surface area contributed by atoms with Gasteiger partial charge in [0.25, 0.3) is 10.1 Å². The average Bonchev–Trinajstić information content (AvgIpc) is 2.60. The first-order valence-corrected chi connectivity index (χ1v) is 10.9. The average molecular weight is 437 g/mol. The van der Waals surface area contributed by atoms with Gasteiger partial charge in [0.15, 0.2) is 0 Å². The number of aromatic hydroxyl groups is 1. The molecule has 3 aromatic carbocycles. The second-order valence-electron chi connectivity index (χ2n) is 6.02. The van der Waals surface area contributed by atoms with Gasteiger partial charge in [-0.2, -0.15) is 16.8 Å². The van der Waals surface area contributed by atoms with Crippen molar-refractivity contribution in [1.82, 2.24) is 0 Å². The Kier molecular flexibility index (Phi) is 5.22. The number of hydrogen-bond donors (Lipinski definition) is 3. The number of benzene rings is 3. The number of carbonyl (C=O) groups is 1. The molecule has 3 rings (SSSR count). The molecule has 0 atom stereocenters. The van der Waals surface area contributed by atoms with Crippen LogP contribution in [0, 0.1) is 0 Å². The predicted molar refractivity (Wildman–Crippen MR) is 104 cm³/mol. The Labute approximate surface area is 166 Å². The Bertz CT molecular complexity index is 1320. The van der Waals surface area contributed by atoms with E-state index in [0.717, 1.165) is 24.3 Å². The van der Waals surface area contributed by atoms with Crippen molar-refractivity contribution in [3.05, 3.63) is 54.6 Å². The van der Waals surface area contributed by atoms with Crippen LogP contribution in [0.25, 0.3) is 10.8 Å². The van der Waals surface area contributed by atoms with Gasteiger partial charge in [0, 0.05) is 18.4 Å². The number of para-hydroxylation sites is 1. The fourth-order valence-electron chi connectivity index (χ4n) is 2.67. The number of hydrogen-bond acceptors (Lipinski definition) is 7. The first-order valence-electron chi connectivity index (χ1n) is 8.03. The third-order valence-electron chi connectivity index (χ3n) is 3.82. The first-order chi connectivity index (χ1) is 13.5. The van der Waals surface area contributed by atoms with E-state index >= 15 is 0 Å². The molecule has 0 heterocycles. The van der Waals surface area contributed by atoms with E-state index in [9.17, 15) is 31.3 Å². The van der Waals surface area contributed by atoms with Crippen molar-refractivity contribution in [3.63, 3.8) is 0 Å². The summed E-state index contributed by atoms with van der Waals surface area (Å²) in [6, 6.07) is 11.6. The molecular weight excluding hydrogens is 422 g/mol. The fraction of sp³-hybridized carbons (Fsp3) is 0.0556. The Morgan fingerprint density at radius 2 is 1.59 bits per heavy atom. The van der Waals surface area contributed by atoms with Gasteiger partial charge in [-0.1, -0.05) is 18.2 Å². The summed E-state index contributed by atoms with van der Waals surface area (Å²) in [7, 11) is -9.05. The number of anilines is 1. The summed E-state index contributed by atoms with van der Waals surface area (Å²) >= 11 is 0. The smallest absolute Gasteiger partial charge is 0.339 e. The topological polar surface area (TPSA) is 147 Å². The molecule has 3 aromatic rings. The van der Waals surface area contributed by atoms with E-state index in [4.69, 9.17) is 4.18 Å². The van der Waals surface area contributed by atoms with Crippen LogP contribution in [0.4, 0.5) is 5.69 Å². The summed E-state index contributed by atoms with van der Waals surface area (Å²) in [4.78, 5) is 10.5. The minimum atomic E-state index is -4.68. The minimum Gasteiger partial charge on any atom is -0.507 e. The Morgan fingerprint density at radius 3 is 2.17 bits per heavy atom. The molecule has 0 spiro atoms. The molecule has 0 saturated carbocycles. The third kappa shape index (κ3) is 4.47. The van der Waals surface area contributed by atoms with E-state index in [0.29, 0.717) is 0 Å². The van der Waals surface area contributed by atoms with Gasteiger partial charge in [-0.25, -0.2) is 0 Å². The molecule has 0 aromatic heterocycles. The number of fused-ring (bicyclic) bond motifs is 1. The molecule has 1 amide bonds. The zero-order chi connectivity index (χ0) is 21.4. The van der Waals surface area contributed by atoms with Crippen LogP contribution in [0.3, 0.4) is 0 Å². The highest BCUT2D eigenvalue weighted by Gasteiger charge is 2.22. The minimum absolute atomic E-state index is 0.00809. The number of amides is 1. The van der Waals surface area contributed by atoms with Gasteiger partial charge in [0.2, 0.25) is 5.91 Å². The summed E-state index contributed by atoms with van der Waals surface area (Å²) in [5.41, 5.74) is -0.0791. The highest BCUT2D eigenvalue weighted by Crippen LogP contribution is 2.37. The van der Waals surface area contributed by atoms with Gasteiger partial charge < -0.3 is 14.6 Å². The van der Waals surface area contributed by atoms with Crippen molar-refractivity contribution < 1.29 is 35.5 Å². The summed E-state index contributed by atoms with van der Waals surface area (Å²) < 4.78 is 62.6. The van der Waals surface area contributed by atoms with E-state index < -0.39 is 41.7 Å². The third-order valence-corrected chi connectivity index (χ3v) is 5.88. The lowest BCUT2D eigenvalue weighted by molar-refractivity contribution is -0.114. The van der Waals surface area contributed by atoms with Gasteiger partial charge >= 0.3 is 10.1 Å². The van der Waals surface area contributed by atoms with E-state index in [1.165, 1.54) is 19.1 Å². The highest BCUT2D eigenvalue weighted by molar-refractivity contribution is 7.87. The van der Waals surface area contributed by atoms with Gasteiger partial charge in [0.05, 0.1) is 10.6 Å². The van der Waals surface area contributed by atoms with Crippen molar-refractivity contribution in [2.45, 2.75) is 16.7 Å². The lowest BCUT2D eigenvalue weighted by Crippen LogP contribution is -2.12. The van der Waals surface area contributed by atoms with E-state index in [1.807, 2.05) is 0 Å². The molecule has 3 N–H and O–H groups in total. The number of rotatable bonds is 5. The zero-order valence-electron chi connectivity index (χ0n) is 14.9. The van der Waals surface area contributed by atoms with Crippen molar-refractivity contribution in [2.75, 3.05) is 5.32 Å². The quantitative estimate of drug-likeness (QED) is 0.407. The van der Waals surface area contributed by atoms with Crippen molar-refractivity contribution in [3.8, 4) is 11.5 Å². The van der Waals surface area contributed by atoms with Crippen LogP contribution in [0.5, 0.6) is 11.5 Å². The summed E-state index contributed by atoms with van der Waals surface area (Å²) in [5.74, 6) is -1.09. The monoisotopic (exact) mass is 437 g/mol. The molecule has 0 fully saturated rings. The summed E-state index contributed by atoms with van der Waals surface area (Å²) in [6.45, 7) is 1.18. The molecule has 9 nitrogen and oxygen atoms in total. The second kappa shape index (κ2) is 7.35. The number of nitrogens with one attached hydrogen (secondary N) is 1. The summed E-state index contributed by atoms with van der Waals surface area (Å²) in [6.07, 6.45) is 0. The van der Waals surface area contributed by atoms with Crippen LogP contribution < -0.4 is 9.50 Å². The maximum Gasteiger partial charge on any atom is 0.339 e. The van der Waals surface area contributed by atoms with E-state index in [2.05, 4.69) is 5.32 Å². The van der Waals surface area contributed by atoms with Crippen LogP contribution in [0.1, 0.15) is 6.92 Å². The fourth-order valence-corrected chi connectivity index (χ4v) is 4.20. The molecule has 29 heavy (non-hydrogen) atoms. The van der Waals surface area contributed by atoms with Gasteiger partial charge in [-0.15, -0.1) is 0 Å². The van der Waals surface area contributed by atoms with Crippen LogP contribution in [-0.2, 0) is 25.0 Å². The Hall–Kier alpha value is -3.15. The van der Waals surface area contributed by atoms with E-state index in [1.54, 1.807) is 18.2 Å². The number of phenolic OH excluding ortho intramolecular Hbond substituents is 1. The molecule has 0 radical (unpaired) electrons. The predicted octanol–water partition coefficient (Wildman–Crippen LogP) is 2.52. The molecule has 0 bridgehead atoms. The lowest BCUT2D eigenvalue weighted by atomic mass is 10.1. The van der Waals surface area contributed by atoms with Crippen molar-refractivity contribution >= 4 is 42.6 Å². The molecule has 0 aliphatic carbocycles. The first kappa shape index (κ1) is 20.6. The van der Waals surface area contributed by atoms with Crippen LogP contribution >= 0.6 is 0 Å². The molecule has 0 aliphatic rings. The second-order valence-corrected chi connectivity index (χ2v) is 8.99. The van der Waals surface area contributed by atoms with Crippen molar-refractivity contribution in [1.29, 1.82) is 0 Å². The standard InChI is InChI=1S/C18H15NO8S2/c1-11(20)19-16-9-15(29(25,26)27-13-5-3-2-4-6-13)8-12-7-14(28(22,23)24)10-17(21)18(12)16/h2-10,21H,1H3,(H,19,20)(H,22,23,24). The normalized spacial score (nSPS) is 11.9. The van der Waals surface area contributed by atoms with Gasteiger partial charge in [-0.3, -0.25) is 9.35 Å². The maximum atomic E-state index is 12.7. The zero-order valence-corrected chi connectivity index (χ0v) is 16.5. The SMILES string of the molecule is CC(=O)Nc1cc(S(=O)(=O)Oc2ccccc2)cc2cc(S(=O)(=O)O)cc(O)c12. The largest absolute Gasteiger partial charge is 0.507 e. The van der Waals surface area contributed by atoms with Crippen LogP contribution in [-0.4, -0.2) is 32.4 Å². The van der Waals surface area contributed by atoms with Crippen LogP contribution in [0.15, 0.2) is 64.4 Å². The lowest BCUT2D eigenvalue weighted by Gasteiger charge is -2.14. The maximum absolute atomic E-state index is 12.7. The Morgan fingerprint density at radius 1 is 0.966 bits per heavy atom. The molecule has 152 valence electrons. The van der Waals surface area contributed by atoms with E-state index in [-0.39, 0.29) is 22.2 Å². The molecule has 0 aliphatic heterocycles. The number of phenols is 1. The van der Waals surface area contributed by atoms with Gasteiger partial charge in [0.1, 0.15) is 16.4 Å². The molecule has 0 unspecified atom stereocenters. The Balaban J connectivity index is 2.26. The van der Waals surface area contributed by atoms with Crippen molar-refractivity contribution in [2.24, 2.45) is 0 Å². The van der Waals surface area contributed by atoms with Gasteiger partial charge in [-0.05, 0) is 35.7 Å².